The summed E-state index contributed by atoms with van der Waals surface area (Å²) < 4.78 is 0. The van der Waals surface area contributed by atoms with E-state index in [0.717, 1.165) is 0 Å². The number of nitrogens with two attached hydrogens (primary N) is 1. The van der Waals surface area contributed by atoms with Crippen molar-refractivity contribution in [1.82, 2.24) is 0 Å². The molecule has 92 valence electrons. The Kier molecular flexibility index (Phi) is 6.37. The predicted octanol–water partition coefficient (Wildman–Crippen LogP) is 1.32. The minimum absolute atomic E-state index is 0.0208. The van der Waals surface area contributed by atoms with Crippen LogP contribution in [0.3, 0.4) is 0 Å². The van der Waals surface area contributed by atoms with E-state index in [1.807, 2.05) is 6.07 Å². The van der Waals surface area contributed by atoms with Crippen molar-refractivity contribution in [3.05, 3.63) is 29.8 Å². The second-order valence-electron chi connectivity index (χ2n) is 3.74. The van der Waals surface area contributed by atoms with Gasteiger partial charge in [0.05, 0.1) is 5.56 Å². The van der Waals surface area contributed by atoms with E-state index in [1.54, 1.807) is 32.0 Å². The molecule has 0 fully saturated rings. The van der Waals surface area contributed by atoms with E-state index in [-0.39, 0.29) is 11.7 Å². The molecule has 1 aromatic carbocycles. The largest absolute Gasteiger partial charge is 0.507 e. The van der Waals surface area contributed by atoms with Gasteiger partial charge in [0.2, 0.25) is 0 Å². The van der Waals surface area contributed by atoms with Gasteiger partial charge in [0.25, 0.3) is 0 Å². The minimum atomic E-state index is -0.931. The van der Waals surface area contributed by atoms with Gasteiger partial charge >= 0.3 is 5.97 Å². The average Bonchev–Trinajstić information content (AvgIpc) is 2.29. The molecule has 0 bridgehead atoms. The highest BCUT2D eigenvalue weighted by molar-refractivity contribution is 5.73. The lowest BCUT2D eigenvalue weighted by atomic mass is 10.1. The molecule has 1 atom stereocenters. The lowest BCUT2D eigenvalue weighted by Crippen LogP contribution is -2.34. The van der Waals surface area contributed by atoms with Crippen molar-refractivity contribution in [1.29, 1.82) is 5.26 Å². The number of phenols is 1. The van der Waals surface area contributed by atoms with E-state index in [2.05, 4.69) is 0 Å². The molecule has 0 saturated carbocycles. The highest BCUT2D eigenvalue weighted by Crippen LogP contribution is 2.12. The Morgan fingerprint density at radius 1 is 1.41 bits per heavy atom. The van der Waals surface area contributed by atoms with Crippen LogP contribution in [0.15, 0.2) is 24.3 Å². The number of carboxylic acid groups (broad SMARTS) is 1. The molecule has 5 heteroatoms. The maximum Gasteiger partial charge on any atom is 0.320 e. The maximum absolute atomic E-state index is 10.0. The second-order valence-corrected chi connectivity index (χ2v) is 3.74. The molecule has 1 aromatic rings. The number of phenolic OH excluding ortho intramolecular Hbond substituents is 1. The Hall–Kier alpha value is -2.06. The van der Waals surface area contributed by atoms with Crippen LogP contribution in [0.1, 0.15) is 19.4 Å². The van der Waals surface area contributed by atoms with Crippen molar-refractivity contribution < 1.29 is 15.0 Å². The summed E-state index contributed by atoms with van der Waals surface area (Å²) in [4.78, 5) is 10.0. The highest BCUT2D eigenvalue weighted by atomic mass is 16.4. The van der Waals surface area contributed by atoms with Crippen LogP contribution < -0.4 is 5.73 Å². The summed E-state index contributed by atoms with van der Waals surface area (Å²) in [6, 6.07) is 7.57. The molecule has 0 radical (unpaired) electrons. The van der Waals surface area contributed by atoms with Crippen LogP contribution >= 0.6 is 0 Å². The van der Waals surface area contributed by atoms with Crippen LogP contribution in [0.4, 0.5) is 0 Å². The smallest absolute Gasteiger partial charge is 0.320 e. The van der Waals surface area contributed by atoms with Crippen LogP contribution in [0.2, 0.25) is 0 Å². The summed E-state index contributed by atoms with van der Waals surface area (Å²) in [6.45, 7) is 3.55. The molecule has 0 aliphatic heterocycles. The van der Waals surface area contributed by atoms with E-state index in [0.29, 0.717) is 5.56 Å². The Morgan fingerprint density at radius 2 is 1.94 bits per heavy atom. The first-order valence-corrected chi connectivity index (χ1v) is 5.06. The number of carboxylic acids is 1. The Balaban J connectivity index is 0.000000304. The molecule has 4 N–H and O–H groups in total. The molecular weight excluding hydrogens is 220 g/mol. The zero-order valence-electron chi connectivity index (χ0n) is 9.79. The quantitative estimate of drug-likeness (QED) is 0.717. The minimum Gasteiger partial charge on any atom is -0.507 e. The van der Waals surface area contributed by atoms with Gasteiger partial charge in [0, 0.05) is 0 Å². The lowest BCUT2D eigenvalue weighted by molar-refractivity contribution is -0.139. The van der Waals surface area contributed by atoms with E-state index in [4.69, 9.17) is 21.2 Å². The van der Waals surface area contributed by atoms with Gasteiger partial charge in [-0.2, -0.15) is 5.26 Å². The molecule has 17 heavy (non-hydrogen) atoms. The van der Waals surface area contributed by atoms with Crippen molar-refractivity contribution in [3.8, 4) is 11.8 Å². The molecule has 5 nitrogen and oxygen atoms in total. The number of nitrogens with zero attached hydrogens (tertiary/aromatic N) is 1. The Morgan fingerprint density at radius 3 is 2.18 bits per heavy atom. The molecule has 0 aliphatic rings. The van der Waals surface area contributed by atoms with Crippen LogP contribution in [-0.2, 0) is 4.79 Å². The maximum atomic E-state index is 10.0. The molecular formula is C12H16N2O3. The van der Waals surface area contributed by atoms with Gasteiger partial charge in [-0.3, -0.25) is 4.79 Å². The molecule has 0 heterocycles. The number of benzene rings is 1. The summed E-state index contributed by atoms with van der Waals surface area (Å²) in [5.41, 5.74) is 5.48. The summed E-state index contributed by atoms with van der Waals surface area (Å²) in [7, 11) is 0. The molecule has 0 amide bonds. The normalized spacial score (nSPS) is 11.0. The van der Waals surface area contributed by atoms with Crippen molar-refractivity contribution >= 4 is 5.97 Å². The summed E-state index contributed by atoms with van der Waals surface area (Å²) in [5.74, 6) is -0.868. The Bertz CT molecular complexity index is 410. The van der Waals surface area contributed by atoms with Crippen LogP contribution in [-0.4, -0.2) is 22.2 Å². The second kappa shape index (κ2) is 7.25. The van der Waals surface area contributed by atoms with Crippen molar-refractivity contribution in [2.75, 3.05) is 0 Å². The first-order chi connectivity index (χ1) is 7.90. The third-order valence-electron chi connectivity index (χ3n) is 2.03. The first kappa shape index (κ1) is 14.9. The summed E-state index contributed by atoms with van der Waals surface area (Å²) >= 11 is 0. The highest BCUT2D eigenvalue weighted by Gasteiger charge is 2.14. The topological polar surface area (TPSA) is 107 Å². The van der Waals surface area contributed by atoms with Crippen molar-refractivity contribution in [2.24, 2.45) is 11.7 Å². The zero-order valence-corrected chi connectivity index (χ0v) is 9.79. The molecule has 0 spiro atoms. The van der Waals surface area contributed by atoms with Gasteiger partial charge in [-0.05, 0) is 18.1 Å². The average molecular weight is 236 g/mol. The van der Waals surface area contributed by atoms with Gasteiger partial charge in [0.15, 0.2) is 0 Å². The monoisotopic (exact) mass is 236 g/mol. The number of aliphatic carboxylic acids is 1. The number of aromatic hydroxyl groups is 1. The van der Waals surface area contributed by atoms with E-state index in [9.17, 15) is 4.79 Å². The molecule has 0 aromatic heterocycles. The van der Waals surface area contributed by atoms with Crippen LogP contribution in [0, 0.1) is 17.2 Å². The molecule has 0 saturated heterocycles. The zero-order chi connectivity index (χ0) is 13.4. The fourth-order valence-electron chi connectivity index (χ4n) is 0.853. The summed E-state index contributed by atoms with van der Waals surface area (Å²) in [6.07, 6.45) is 0. The van der Waals surface area contributed by atoms with Gasteiger partial charge in [-0.1, -0.05) is 26.0 Å². The fraction of sp³-hybridized carbons (Fsp3) is 0.333. The Labute approximate surface area is 100 Å². The van der Waals surface area contributed by atoms with Crippen LogP contribution in [0.25, 0.3) is 0 Å². The van der Waals surface area contributed by atoms with Gasteiger partial charge in [-0.25, -0.2) is 0 Å². The van der Waals surface area contributed by atoms with Crippen LogP contribution in [0.5, 0.6) is 5.75 Å². The van der Waals surface area contributed by atoms with Gasteiger partial charge in [0.1, 0.15) is 17.9 Å². The SMILES string of the molecule is CC(C)[C@H](N)C(=O)O.N#Cc1ccccc1O. The standard InChI is InChI=1S/C7H5NO.C5H11NO2/c8-5-6-3-1-2-4-7(6)9;1-3(2)4(6)5(7)8/h1-4,9H;3-4H,6H2,1-2H3,(H,7,8)/t;4-/m.0/s1. The number of hydrogen-bond acceptors (Lipinski definition) is 4. The third kappa shape index (κ3) is 5.54. The van der Waals surface area contributed by atoms with Crippen molar-refractivity contribution in [2.45, 2.75) is 19.9 Å². The number of para-hydroxylation sites is 1. The number of rotatable bonds is 2. The van der Waals surface area contributed by atoms with Crippen molar-refractivity contribution in [3.63, 3.8) is 0 Å². The lowest BCUT2D eigenvalue weighted by Gasteiger charge is -2.07. The number of hydrogen-bond donors (Lipinski definition) is 3. The van der Waals surface area contributed by atoms with E-state index in [1.165, 1.54) is 6.07 Å². The number of nitriles is 1. The molecule has 1 rings (SSSR count). The number of carbonyl (C=O) groups is 1. The first-order valence-electron chi connectivity index (χ1n) is 5.06. The van der Waals surface area contributed by atoms with E-state index < -0.39 is 12.0 Å². The fourth-order valence-corrected chi connectivity index (χ4v) is 0.853. The molecule has 0 unspecified atom stereocenters. The van der Waals surface area contributed by atoms with Gasteiger partial charge < -0.3 is 15.9 Å². The van der Waals surface area contributed by atoms with E-state index >= 15 is 0 Å². The molecule has 0 aliphatic carbocycles. The third-order valence-corrected chi connectivity index (χ3v) is 2.03. The predicted molar refractivity (Wildman–Crippen MR) is 63.3 cm³/mol. The van der Waals surface area contributed by atoms with Gasteiger partial charge in [-0.15, -0.1) is 0 Å². The summed E-state index contributed by atoms with van der Waals surface area (Å²) in [5, 5.41) is 25.4.